The van der Waals surface area contributed by atoms with Crippen molar-refractivity contribution in [3.05, 3.63) is 35.9 Å². The Morgan fingerprint density at radius 3 is 2.50 bits per heavy atom. The molecule has 0 spiro atoms. The van der Waals surface area contributed by atoms with Crippen LogP contribution in [-0.2, 0) is 5.60 Å². The zero-order chi connectivity index (χ0) is 14.8. The molecule has 2 rings (SSSR count). The molecule has 1 aromatic carbocycles. The van der Waals surface area contributed by atoms with Crippen LogP contribution in [0.5, 0.6) is 0 Å². The van der Waals surface area contributed by atoms with Crippen LogP contribution in [0.2, 0.25) is 0 Å². The highest BCUT2D eigenvalue weighted by molar-refractivity contribution is 5.24. The van der Waals surface area contributed by atoms with Crippen LogP contribution in [0.3, 0.4) is 0 Å². The second-order valence-corrected chi connectivity index (χ2v) is 6.92. The van der Waals surface area contributed by atoms with Crippen molar-refractivity contribution in [1.29, 1.82) is 0 Å². The molecule has 2 nitrogen and oxygen atoms in total. The molecule has 0 unspecified atom stereocenters. The Bertz CT molecular complexity index is 417. The zero-order valence-corrected chi connectivity index (χ0v) is 13.3. The van der Waals surface area contributed by atoms with Gasteiger partial charge in [0, 0.05) is 18.5 Å². The van der Waals surface area contributed by atoms with Crippen molar-refractivity contribution in [1.82, 2.24) is 4.90 Å². The van der Waals surface area contributed by atoms with Gasteiger partial charge in [0.15, 0.2) is 0 Å². The van der Waals surface area contributed by atoms with E-state index in [1.165, 1.54) is 6.42 Å². The largest absolute Gasteiger partial charge is 0.385 e. The van der Waals surface area contributed by atoms with Gasteiger partial charge in [-0.3, -0.25) is 0 Å². The maximum Gasteiger partial charge on any atom is 0.0948 e. The minimum atomic E-state index is -0.672. The fourth-order valence-corrected chi connectivity index (χ4v) is 3.33. The van der Waals surface area contributed by atoms with Crippen LogP contribution in [0.1, 0.15) is 46.1 Å². The first-order valence-electron chi connectivity index (χ1n) is 7.95. The highest BCUT2D eigenvalue weighted by atomic mass is 16.3. The van der Waals surface area contributed by atoms with E-state index in [9.17, 15) is 5.11 Å². The average molecular weight is 275 g/mol. The van der Waals surface area contributed by atoms with E-state index in [0.29, 0.717) is 6.04 Å². The lowest BCUT2D eigenvalue weighted by Gasteiger charge is -2.47. The molecule has 0 aromatic heterocycles. The fraction of sp³-hybridized carbons (Fsp3) is 0.667. The van der Waals surface area contributed by atoms with E-state index in [-0.39, 0.29) is 5.92 Å². The van der Waals surface area contributed by atoms with E-state index in [0.717, 1.165) is 31.0 Å². The second-order valence-electron chi connectivity index (χ2n) is 6.92. The Kier molecular flexibility index (Phi) is 4.87. The number of hydrogen-bond acceptors (Lipinski definition) is 2. The van der Waals surface area contributed by atoms with E-state index in [4.69, 9.17) is 0 Å². The third-order valence-corrected chi connectivity index (χ3v) is 4.82. The molecule has 0 amide bonds. The smallest absolute Gasteiger partial charge is 0.0948 e. The predicted octanol–water partition coefficient (Wildman–Crippen LogP) is 3.65. The van der Waals surface area contributed by atoms with E-state index in [2.05, 4.69) is 44.7 Å². The van der Waals surface area contributed by atoms with E-state index in [1.54, 1.807) is 0 Å². The Hall–Kier alpha value is -0.860. The number of aliphatic hydroxyl groups is 1. The highest BCUT2D eigenvalue weighted by Crippen LogP contribution is 2.39. The molecule has 112 valence electrons. The van der Waals surface area contributed by atoms with Crippen LogP contribution in [0, 0.1) is 11.8 Å². The molecule has 2 heteroatoms. The SMILES string of the molecule is CC(C)CCN1C[C@@H](C)[C@](O)(c2ccccc2)C[C@H]1C. The molecule has 1 heterocycles. The standard InChI is InChI=1S/C18H29NO/c1-14(2)10-11-19-13-15(3)18(20,12-16(19)4)17-8-6-5-7-9-17/h5-9,14-16,20H,10-13H2,1-4H3/t15-,16-,18+/m1/s1. The van der Waals surface area contributed by atoms with Crippen molar-refractivity contribution in [3.63, 3.8) is 0 Å². The van der Waals surface area contributed by atoms with Gasteiger partial charge in [-0.2, -0.15) is 0 Å². The Morgan fingerprint density at radius 2 is 1.90 bits per heavy atom. The van der Waals surface area contributed by atoms with Crippen LogP contribution in [0.25, 0.3) is 0 Å². The summed E-state index contributed by atoms with van der Waals surface area (Å²) in [5.41, 5.74) is 0.400. The number of benzene rings is 1. The number of piperidine rings is 1. The van der Waals surface area contributed by atoms with Crippen molar-refractivity contribution in [2.24, 2.45) is 11.8 Å². The first-order chi connectivity index (χ1) is 9.43. The highest BCUT2D eigenvalue weighted by Gasteiger charge is 2.42. The predicted molar refractivity (Wildman–Crippen MR) is 84.6 cm³/mol. The van der Waals surface area contributed by atoms with E-state index in [1.807, 2.05) is 18.2 Å². The lowest BCUT2D eigenvalue weighted by Crippen LogP contribution is -2.53. The van der Waals surface area contributed by atoms with Gasteiger partial charge in [-0.1, -0.05) is 51.1 Å². The van der Waals surface area contributed by atoms with Crippen molar-refractivity contribution in [2.45, 2.75) is 52.2 Å². The molecule has 20 heavy (non-hydrogen) atoms. The summed E-state index contributed by atoms with van der Waals surface area (Å²) in [6.07, 6.45) is 2.07. The topological polar surface area (TPSA) is 23.5 Å². The second kappa shape index (κ2) is 6.28. The van der Waals surface area contributed by atoms with Crippen LogP contribution in [-0.4, -0.2) is 29.1 Å². The van der Waals surface area contributed by atoms with E-state index >= 15 is 0 Å². The summed E-state index contributed by atoms with van der Waals surface area (Å²) < 4.78 is 0. The molecule has 1 fully saturated rings. The first kappa shape index (κ1) is 15.5. The minimum Gasteiger partial charge on any atom is -0.385 e. The summed E-state index contributed by atoms with van der Waals surface area (Å²) >= 11 is 0. The molecule has 1 aliphatic heterocycles. The van der Waals surface area contributed by atoms with Crippen LogP contribution in [0.4, 0.5) is 0 Å². The van der Waals surface area contributed by atoms with E-state index < -0.39 is 5.60 Å². The molecular weight excluding hydrogens is 246 g/mol. The van der Waals surface area contributed by atoms with Gasteiger partial charge in [0.05, 0.1) is 5.60 Å². The average Bonchev–Trinajstić information content (AvgIpc) is 2.42. The number of rotatable bonds is 4. The van der Waals surface area contributed by atoms with Gasteiger partial charge >= 0.3 is 0 Å². The summed E-state index contributed by atoms with van der Waals surface area (Å²) in [6, 6.07) is 10.6. The molecule has 3 atom stereocenters. The van der Waals surface area contributed by atoms with Crippen LogP contribution >= 0.6 is 0 Å². The summed E-state index contributed by atoms with van der Waals surface area (Å²) in [4.78, 5) is 2.54. The molecule has 0 bridgehead atoms. The quantitative estimate of drug-likeness (QED) is 0.906. The summed E-state index contributed by atoms with van der Waals surface area (Å²) in [7, 11) is 0. The normalized spacial score (nSPS) is 31.7. The molecule has 0 radical (unpaired) electrons. The summed E-state index contributed by atoms with van der Waals surface area (Å²) in [6.45, 7) is 11.1. The lowest BCUT2D eigenvalue weighted by molar-refractivity contribution is -0.0911. The molecule has 0 saturated carbocycles. The van der Waals surface area contributed by atoms with Gasteiger partial charge in [-0.25, -0.2) is 0 Å². The van der Waals surface area contributed by atoms with Crippen molar-refractivity contribution in [3.8, 4) is 0 Å². The first-order valence-corrected chi connectivity index (χ1v) is 7.95. The van der Waals surface area contributed by atoms with Gasteiger partial charge < -0.3 is 10.0 Å². The van der Waals surface area contributed by atoms with Gasteiger partial charge in [0.2, 0.25) is 0 Å². The maximum atomic E-state index is 11.2. The Labute approximate surface area is 123 Å². The van der Waals surface area contributed by atoms with Crippen molar-refractivity contribution >= 4 is 0 Å². The molecule has 1 saturated heterocycles. The Balaban J connectivity index is 2.09. The summed E-state index contributed by atoms with van der Waals surface area (Å²) in [5.74, 6) is 1.01. The molecule has 0 aliphatic carbocycles. The molecule has 1 aliphatic rings. The molecule has 1 aromatic rings. The monoisotopic (exact) mass is 275 g/mol. The number of likely N-dealkylation sites (tertiary alicyclic amines) is 1. The third-order valence-electron chi connectivity index (χ3n) is 4.82. The van der Waals surface area contributed by atoms with Crippen LogP contribution in [0.15, 0.2) is 30.3 Å². The van der Waals surface area contributed by atoms with Crippen LogP contribution < -0.4 is 0 Å². The Morgan fingerprint density at radius 1 is 1.25 bits per heavy atom. The van der Waals surface area contributed by atoms with Crippen molar-refractivity contribution < 1.29 is 5.11 Å². The third kappa shape index (κ3) is 3.24. The van der Waals surface area contributed by atoms with Gasteiger partial charge in [0.1, 0.15) is 0 Å². The minimum absolute atomic E-state index is 0.272. The molecule has 1 N–H and O–H groups in total. The number of hydrogen-bond donors (Lipinski definition) is 1. The zero-order valence-electron chi connectivity index (χ0n) is 13.3. The molecular formula is C18H29NO. The fourth-order valence-electron chi connectivity index (χ4n) is 3.33. The van der Waals surface area contributed by atoms with Crippen molar-refractivity contribution in [2.75, 3.05) is 13.1 Å². The van der Waals surface area contributed by atoms with Gasteiger partial charge in [0.25, 0.3) is 0 Å². The maximum absolute atomic E-state index is 11.2. The lowest BCUT2D eigenvalue weighted by atomic mass is 9.74. The van der Waals surface area contributed by atoms with Gasteiger partial charge in [-0.15, -0.1) is 0 Å². The summed E-state index contributed by atoms with van der Waals surface area (Å²) in [5, 5.41) is 11.2. The number of nitrogens with zero attached hydrogens (tertiary/aromatic N) is 1. The van der Waals surface area contributed by atoms with Gasteiger partial charge in [-0.05, 0) is 37.8 Å².